The van der Waals surface area contributed by atoms with Crippen LogP contribution in [0.4, 0.5) is 0 Å². The van der Waals surface area contributed by atoms with Gasteiger partial charge in [0.05, 0.1) is 14.2 Å². The molecular formula is C17H26O2. The van der Waals surface area contributed by atoms with Crippen molar-refractivity contribution in [3.05, 3.63) is 23.3 Å². The Morgan fingerprint density at radius 1 is 1.00 bits per heavy atom. The Balaban J connectivity index is 2.65. The normalized spacial score (nSPS) is 25.4. The first kappa shape index (κ1) is 14.2. The molecule has 1 atom stereocenters. The first-order valence-corrected chi connectivity index (χ1v) is 7.09. The lowest BCUT2D eigenvalue weighted by molar-refractivity contribution is 0.216. The maximum atomic E-state index is 5.67. The molecule has 0 aromatic heterocycles. The van der Waals surface area contributed by atoms with Crippen LogP contribution in [0.1, 0.15) is 51.2 Å². The zero-order valence-corrected chi connectivity index (χ0v) is 13.1. The summed E-state index contributed by atoms with van der Waals surface area (Å²) in [7, 11) is 3.45. The molecule has 106 valence electrons. The van der Waals surface area contributed by atoms with Gasteiger partial charge in [0.2, 0.25) is 0 Å². The smallest absolute Gasteiger partial charge is 0.164 e. The first-order chi connectivity index (χ1) is 8.85. The summed E-state index contributed by atoms with van der Waals surface area (Å²) in [6.07, 6.45) is 3.76. The molecule has 1 saturated carbocycles. The molecule has 0 heterocycles. The van der Waals surface area contributed by atoms with Gasteiger partial charge in [0.15, 0.2) is 11.5 Å². The Kier molecular flexibility index (Phi) is 3.55. The highest BCUT2D eigenvalue weighted by molar-refractivity contribution is 5.53. The topological polar surface area (TPSA) is 18.5 Å². The van der Waals surface area contributed by atoms with Gasteiger partial charge in [-0.3, -0.25) is 0 Å². The maximum absolute atomic E-state index is 5.67. The highest BCUT2D eigenvalue weighted by Crippen LogP contribution is 2.57. The van der Waals surface area contributed by atoms with Crippen LogP contribution in [0.25, 0.3) is 0 Å². The fraction of sp³-hybridized carbons (Fsp3) is 0.647. The fourth-order valence-electron chi connectivity index (χ4n) is 3.51. The summed E-state index contributed by atoms with van der Waals surface area (Å²) >= 11 is 0. The van der Waals surface area contributed by atoms with Gasteiger partial charge in [-0.25, -0.2) is 0 Å². The van der Waals surface area contributed by atoms with Crippen LogP contribution in [0.15, 0.2) is 12.1 Å². The number of hydrogen-bond acceptors (Lipinski definition) is 2. The van der Waals surface area contributed by atoms with Crippen LogP contribution in [0.2, 0.25) is 0 Å². The fourth-order valence-corrected chi connectivity index (χ4v) is 3.51. The van der Waals surface area contributed by atoms with Crippen molar-refractivity contribution in [2.24, 2.45) is 5.41 Å². The van der Waals surface area contributed by atoms with Crippen molar-refractivity contribution in [2.45, 2.75) is 52.4 Å². The molecule has 0 radical (unpaired) electrons. The van der Waals surface area contributed by atoms with Crippen LogP contribution in [0.5, 0.6) is 11.5 Å². The largest absolute Gasteiger partial charge is 0.493 e. The minimum absolute atomic E-state index is 0.150. The molecule has 1 aromatic carbocycles. The number of rotatable bonds is 3. The van der Waals surface area contributed by atoms with Gasteiger partial charge in [0.25, 0.3) is 0 Å². The molecule has 2 nitrogen and oxygen atoms in total. The summed E-state index contributed by atoms with van der Waals surface area (Å²) in [5.74, 6) is 1.76. The first-order valence-electron chi connectivity index (χ1n) is 7.09. The van der Waals surface area contributed by atoms with Crippen molar-refractivity contribution < 1.29 is 9.47 Å². The summed E-state index contributed by atoms with van der Waals surface area (Å²) < 4.78 is 11.2. The van der Waals surface area contributed by atoms with E-state index in [1.807, 2.05) is 6.07 Å². The third kappa shape index (κ3) is 2.11. The van der Waals surface area contributed by atoms with E-state index < -0.39 is 0 Å². The van der Waals surface area contributed by atoms with E-state index in [0.717, 1.165) is 11.5 Å². The van der Waals surface area contributed by atoms with E-state index in [0.29, 0.717) is 5.41 Å². The molecule has 0 bridgehead atoms. The summed E-state index contributed by atoms with van der Waals surface area (Å²) in [6.45, 7) is 9.23. The lowest BCUT2D eigenvalue weighted by Crippen LogP contribution is -2.34. The Bertz CT molecular complexity index is 476. The molecule has 1 aromatic rings. The Hall–Kier alpha value is -1.18. The number of benzene rings is 1. The van der Waals surface area contributed by atoms with Crippen LogP contribution < -0.4 is 9.47 Å². The van der Waals surface area contributed by atoms with Gasteiger partial charge in [-0.05, 0) is 36.8 Å². The van der Waals surface area contributed by atoms with E-state index >= 15 is 0 Å². The molecule has 0 aliphatic heterocycles. The zero-order valence-electron chi connectivity index (χ0n) is 13.1. The third-order valence-electron chi connectivity index (χ3n) is 5.19. The van der Waals surface area contributed by atoms with Gasteiger partial charge in [-0.1, -0.05) is 33.3 Å². The number of aryl methyl sites for hydroxylation is 1. The maximum Gasteiger partial charge on any atom is 0.164 e. The van der Waals surface area contributed by atoms with Crippen molar-refractivity contribution in [1.82, 2.24) is 0 Å². The highest BCUT2D eigenvalue weighted by Gasteiger charge is 2.48. The quantitative estimate of drug-likeness (QED) is 0.799. The second-order valence-corrected chi connectivity index (χ2v) is 6.62. The van der Waals surface area contributed by atoms with Crippen LogP contribution >= 0.6 is 0 Å². The Morgan fingerprint density at radius 2 is 1.68 bits per heavy atom. The van der Waals surface area contributed by atoms with Crippen molar-refractivity contribution in [3.8, 4) is 11.5 Å². The molecule has 0 N–H and O–H groups in total. The molecule has 2 heteroatoms. The molecule has 19 heavy (non-hydrogen) atoms. The van der Waals surface area contributed by atoms with Crippen LogP contribution in [0, 0.1) is 12.3 Å². The number of methoxy groups -OCH3 is 2. The van der Waals surface area contributed by atoms with Gasteiger partial charge in [0, 0.05) is 11.0 Å². The number of hydrogen-bond donors (Lipinski definition) is 0. The molecule has 1 aliphatic rings. The van der Waals surface area contributed by atoms with Crippen LogP contribution in [-0.2, 0) is 5.41 Å². The van der Waals surface area contributed by atoms with E-state index in [1.54, 1.807) is 14.2 Å². The number of ether oxygens (including phenoxy) is 2. The van der Waals surface area contributed by atoms with Gasteiger partial charge >= 0.3 is 0 Å². The predicted molar refractivity (Wildman–Crippen MR) is 79.3 cm³/mol. The molecule has 1 fully saturated rings. The van der Waals surface area contributed by atoms with E-state index in [-0.39, 0.29) is 5.41 Å². The average Bonchev–Trinajstić information content (AvgIpc) is 2.63. The summed E-state index contributed by atoms with van der Waals surface area (Å²) in [5, 5.41) is 0. The van der Waals surface area contributed by atoms with E-state index in [4.69, 9.17) is 9.47 Å². The Morgan fingerprint density at radius 3 is 2.16 bits per heavy atom. The average molecular weight is 262 g/mol. The van der Waals surface area contributed by atoms with Crippen molar-refractivity contribution >= 4 is 0 Å². The van der Waals surface area contributed by atoms with Gasteiger partial charge in [0.1, 0.15) is 0 Å². The summed E-state index contributed by atoms with van der Waals surface area (Å²) in [4.78, 5) is 0. The van der Waals surface area contributed by atoms with Gasteiger partial charge < -0.3 is 9.47 Å². The van der Waals surface area contributed by atoms with E-state index in [1.165, 1.54) is 30.4 Å². The van der Waals surface area contributed by atoms with Crippen molar-refractivity contribution in [2.75, 3.05) is 14.2 Å². The monoisotopic (exact) mass is 262 g/mol. The molecular weight excluding hydrogens is 236 g/mol. The SMILES string of the molecule is COc1cc(C)cc([C@@]2(C)CCCC2(C)C)c1OC. The second-order valence-electron chi connectivity index (χ2n) is 6.62. The van der Waals surface area contributed by atoms with E-state index in [2.05, 4.69) is 33.8 Å². The molecule has 2 rings (SSSR count). The van der Waals surface area contributed by atoms with Crippen molar-refractivity contribution in [1.29, 1.82) is 0 Å². The minimum Gasteiger partial charge on any atom is -0.493 e. The van der Waals surface area contributed by atoms with E-state index in [9.17, 15) is 0 Å². The van der Waals surface area contributed by atoms with Crippen molar-refractivity contribution in [3.63, 3.8) is 0 Å². The lowest BCUT2D eigenvalue weighted by atomic mass is 9.65. The van der Waals surface area contributed by atoms with Crippen LogP contribution in [-0.4, -0.2) is 14.2 Å². The molecule has 1 aliphatic carbocycles. The van der Waals surface area contributed by atoms with Gasteiger partial charge in [-0.15, -0.1) is 0 Å². The Labute approximate surface area is 117 Å². The zero-order chi connectivity index (χ0) is 14.3. The molecule has 0 spiro atoms. The third-order valence-corrected chi connectivity index (χ3v) is 5.19. The molecule has 0 amide bonds. The highest BCUT2D eigenvalue weighted by atomic mass is 16.5. The standard InChI is InChI=1S/C17H26O2/c1-12-10-13(15(19-6)14(11-12)18-5)17(4)9-7-8-16(17,2)3/h10-11H,7-9H2,1-6H3/t17-/m1/s1. The summed E-state index contributed by atoms with van der Waals surface area (Å²) in [5.41, 5.74) is 2.97. The second kappa shape index (κ2) is 4.73. The van der Waals surface area contributed by atoms with Gasteiger partial charge in [-0.2, -0.15) is 0 Å². The predicted octanol–water partition coefficient (Wildman–Crippen LogP) is 4.48. The summed E-state index contributed by atoms with van der Waals surface area (Å²) in [6, 6.07) is 4.32. The van der Waals surface area contributed by atoms with Crippen LogP contribution in [0.3, 0.4) is 0 Å². The molecule has 0 unspecified atom stereocenters. The lowest BCUT2D eigenvalue weighted by Gasteiger charge is -2.40. The molecule has 0 saturated heterocycles. The minimum atomic E-state index is 0.150.